The Balaban J connectivity index is 1.70. The lowest BCUT2D eigenvalue weighted by molar-refractivity contribution is -0.107. The van der Waals surface area contributed by atoms with Crippen LogP contribution in [0.1, 0.15) is 9.67 Å². The van der Waals surface area contributed by atoms with Gasteiger partial charge in [-0.2, -0.15) is 0 Å². The Labute approximate surface area is 158 Å². The van der Waals surface area contributed by atoms with Crippen molar-refractivity contribution in [3.8, 4) is 21.8 Å². The molecule has 0 bridgehead atoms. The highest BCUT2D eigenvalue weighted by atomic mass is 32.1. The van der Waals surface area contributed by atoms with Gasteiger partial charge in [-0.15, -0.1) is 11.3 Å². The minimum Gasteiger partial charge on any atom is -0.477 e. The number of benzene rings is 1. The van der Waals surface area contributed by atoms with Gasteiger partial charge in [-0.25, -0.2) is 4.79 Å². The van der Waals surface area contributed by atoms with E-state index in [1.165, 1.54) is 11.9 Å². The number of fused-ring (bicyclic) bond motifs is 1. The van der Waals surface area contributed by atoms with Gasteiger partial charge in [-0.05, 0) is 23.8 Å². The fourth-order valence-corrected chi connectivity index (χ4v) is 3.85. The molecule has 3 aromatic heterocycles. The Morgan fingerprint density at radius 2 is 1.93 bits per heavy atom. The van der Waals surface area contributed by atoms with Gasteiger partial charge in [0, 0.05) is 29.8 Å². The van der Waals surface area contributed by atoms with Crippen LogP contribution in [0, 0.1) is 0 Å². The van der Waals surface area contributed by atoms with Gasteiger partial charge in [0.25, 0.3) is 0 Å². The number of hydrogen-bond acceptors (Lipinski definition) is 5. The van der Waals surface area contributed by atoms with E-state index < -0.39 is 5.97 Å². The lowest BCUT2D eigenvalue weighted by Crippen LogP contribution is -2.15. The van der Waals surface area contributed by atoms with Crippen LogP contribution in [0.3, 0.4) is 0 Å². The summed E-state index contributed by atoms with van der Waals surface area (Å²) in [6.45, 7) is 0. The van der Waals surface area contributed by atoms with E-state index in [2.05, 4.69) is 4.98 Å². The summed E-state index contributed by atoms with van der Waals surface area (Å²) >= 11 is 1.14. The van der Waals surface area contributed by atoms with Gasteiger partial charge >= 0.3 is 5.97 Å². The molecule has 3 heterocycles. The van der Waals surface area contributed by atoms with E-state index in [0.29, 0.717) is 17.9 Å². The summed E-state index contributed by atoms with van der Waals surface area (Å²) in [6.07, 6.45) is 2.31. The first-order chi connectivity index (χ1) is 13.1. The second kappa shape index (κ2) is 6.69. The first-order valence-electron chi connectivity index (χ1n) is 8.07. The molecule has 0 spiro atoms. The van der Waals surface area contributed by atoms with Gasteiger partial charge in [-0.1, -0.05) is 24.3 Å². The normalized spacial score (nSPS) is 10.9. The van der Waals surface area contributed by atoms with Gasteiger partial charge in [0.15, 0.2) is 5.58 Å². The van der Waals surface area contributed by atoms with Crippen molar-refractivity contribution >= 4 is 40.5 Å². The Bertz CT molecular complexity index is 1110. The molecule has 1 aromatic carbocycles. The molecule has 0 aliphatic rings. The maximum absolute atomic E-state index is 11.5. The summed E-state index contributed by atoms with van der Waals surface area (Å²) < 4.78 is 5.82. The van der Waals surface area contributed by atoms with Crippen LogP contribution in [0.4, 0.5) is 5.69 Å². The summed E-state index contributed by atoms with van der Waals surface area (Å²) in [5, 5.41) is 9.38. The second-order valence-corrected chi connectivity index (χ2v) is 6.97. The largest absolute Gasteiger partial charge is 0.477 e. The zero-order valence-corrected chi connectivity index (χ0v) is 15.1. The molecule has 0 radical (unpaired) electrons. The monoisotopic (exact) mass is 378 g/mol. The number of carboxylic acid groups (broad SMARTS) is 1. The molecule has 27 heavy (non-hydrogen) atoms. The van der Waals surface area contributed by atoms with Gasteiger partial charge in [0.2, 0.25) is 6.41 Å². The SMILES string of the molecule is CN(C=O)c1cc(-c2ccc(-c3cc4ncccc4o3)cc2)sc1C(=O)O. The van der Waals surface area contributed by atoms with Gasteiger partial charge < -0.3 is 14.4 Å². The Hall–Kier alpha value is -3.45. The van der Waals surface area contributed by atoms with Crippen molar-refractivity contribution in [2.24, 2.45) is 0 Å². The lowest BCUT2D eigenvalue weighted by atomic mass is 10.1. The van der Waals surface area contributed by atoms with E-state index in [9.17, 15) is 14.7 Å². The predicted octanol–water partition coefficient (Wildman–Crippen LogP) is 4.51. The standard InChI is InChI=1S/C20H14N2O4S/c1-22(11-23)15-10-18(27-19(15)20(24)25)13-6-4-12(5-7-13)17-9-14-16(26-17)3-2-8-21-14/h2-11H,1H3,(H,24,25). The zero-order chi connectivity index (χ0) is 19.0. The van der Waals surface area contributed by atoms with Crippen molar-refractivity contribution in [1.29, 1.82) is 0 Å². The fourth-order valence-electron chi connectivity index (χ4n) is 2.81. The number of carbonyl (C=O) groups is 2. The highest BCUT2D eigenvalue weighted by Gasteiger charge is 2.19. The highest BCUT2D eigenvalue weighted by molar-refractivity contribution is 7.18. The van der Waals surface area contributed by atoms with Crippen molar-refractivity contribution in [3.63, 3.8) is 0 Å². The van der Waals surface area contributed by atoms with Crippen LogP contribution in [0.15, 0.2) is 59.1 Å². The Morgan fingerprint density at radius 1 is 1.19 bits per heavy atom. The third kappa shape index (κ3) is 3.09. The zero-order valence-electron chi connectivity index (χ0n) is 14.2. The molecular weight excluding hydrogens is 364 g/mol. The lowest BCUT2D eigenvalue weighted by Gasteiger charge is -2.08. The average molecular weight is 378 g/mol. The molecule has 0 atom stereocenters. The molecule has 0 saturated carbocycles. The Kier molecular flexibility index (Phi) is 4.21. The molecule has 4 aromatic rings. The maximum atomic E-state index is 11.5. The first kappa shape index (κ1) is 17.0. The van der Waals surface area contributed by atoms with Gasteiger partial charge in [-0.3, -0.25) is 9.78 Å². The number of amides is 1. The van der Waals surface area contributed by atoms with Crippen molar-refractivity contribution in [3.05, 3.63) is 59.6 Å². The van der Waals surface area contributed by atoms with E-state index in [1.54, 1.807) is 12.3 Å². The number of hydrogen-bond donors (Lipinski definition) is 1. The molecule has 0 unspecified atom stereocenters. The minimum atomic E-state index is -1.05. The number of pyridine rings is 1. The number of furan rings is 1. The van der Waals surface area contributed by atoms with Crippen molar-refractivity contribution < 1.29 is 19.1 Å². The van der Waals surface area contributed by atoms with Crippen molar-refractivity contribution in [2.75, 3.05) is 11.9 Å². The maximum Gasteiger partial charge on any atom is 0.348 e. The number of carboxylic acids is 1. The van der Waals surface area contributed by atoms with Gasteiger partial charge in [0.05, 0.1) is 5.69 Å². The number of carbonyl (C=O) groups excluding carboxylic acids is 1. The molecule has 0 aliphatic heterocycles. The fraction of sp³-hybridized carbons (Fsp3) is 0.0500. The molecule has 0 saturated heterocycles. The van der Waals surface area contributed by atoms with E-state index in [1.807, 2.05) is 42.5 Å². The van der Waals surface area contributed by atoms with Crippen LogP contribution in [0.2, 0.25) is 0 Å². The molecule has 0 fully saturated rings. The number of aromatic carboxylic acids is 1. The summed E-state index contributed by atoms with van der Waals surface area (Å²) in [4.78, 5) is 28.9. The molecule has 6 nitrogen and oxygen atoms in total. The van der Waals surface area contributed by atoms with Crippen LogP contribution in [0.25, 0.3) is 32.9 Å². The molecule has 1 N–H and O–H groups in total. The summed E-state index contributed by atoms with van der Waals surface area (Å²) in [5.74, 6) is -0.338. The third-order valence-electron chi connectivity index (χ3n) is 4.19. The Morgan fingerprint density at radius 3 is 2.59 bits per heavy atom. The summed E-state index contributed by atoms with van der Waals surface area (Å²) in [5.41, 5.74) is 3.66. The van der Waals surface area contributed by atoms with E-state index in [-0.39, 0.29) is 4.88 Å². The molecule has 1 amide bonds. The smallest absolute Gasteiger partial charge is 0.348 e. The third-order valence-corrected chi connectivity index (χ3v) is 5.35. The molecule has 134 valence electrons. The van der Waals surface area contributed by atoms with E-state index in [0.717, 1.165) is 38.4 Å². The van der Waals surface area contributed by atoms with Crippen molar-refractivity contribution in [2.45, 2.75) is 0 Å². The van der Waals surface area contributed by atoms with Crippen molar-refractivity contribution in [1.82, 2.24) is 4.98 Å². The van der Waals surface area contributed by atoms with Crippen LogP contribution in [0.5, 0.6) is 0 Å². The minimum absolute atomic E-state index is 0.132. The van der Waals surface area contributed by atoms with Crippen LogP contribution in [-0.2, 0) is 4.79 Å². The van der Waals surface area contributed by atoms with Crippen LogP contribution < -0.4 is 4.90 Å². The molecular formula is C20H14N2O4S. The first-order valence-corrected chi connectivity index (χ1v) is 8.89. The summed E-state index contributed by atoms with van der Waals surface area (Å²) in [7, 11) is 1.53. The average Bonchev–Trinajstić information content (AvgIpc) is 3.32. The van der Waals surface area contributed by atoms with Crippen LogP contribution in [-0.4, -0.2) is 29.5 Å². The predicted molar refractivity (Wildman–Crippen MR) is 104 cm³/mol. The number of nitrogens with zero attached hydrogens (tertiary/aromatic N) is 2. The number of anilines is 1. The molecule has 0 aliphatic carbocycles. The second-order valence-electron chi connectivity index (χ2n) is 5.92. The van der Waals surface area contributed by atoms with E-state index in [4.69, 9.17) is 4.42 Å². The van der Waals surface area contributed by atoms with E-state index >= 15 is 0 Å². The van der Waals surface area contributed by atoms with Crippen LogP contribution >= 0.6 is 11.3 Å². The summed E-state index contributed by atoms with van der Waals surface area (Å²) in [6, 6.07) is 14.9. The number of aromatic nitrogens is 1. The van der Waals surface area contributed by atoms with Gasteiger partial charge in [0.1, 0.15) is 16.2 Å². The highest BCUT2D eigenvalue weighted by Crippen LogP contribution is 2.37. The number of thiophene rings is 1. The quantitative estimate of drug-likeness (QED) is 0.517. The molecule has 7 heteroatoms. The topological polar surface area (TPSA) is 83.6 Å². The number of rotatable bonds is 5. The molecule has 4 rings (SSSR count).